The molecule has 2 heterocycles. The predicted molar refractivity (Wildman–Crippen MR) is 61.1 cm³/mol. The number of ether oxygens (including phenoxy) is 1. The Morgan fingerprint density at radius 2 is 2.41 bits per heavy atom. The van der Waals surface area contributed by atoms with Crippen molar-refractivity contribution in [2.75, 3.05) is 18.6 Å². The van der Waals surface area contributed by atoms with Gasteiger partial charge >= 0.3 is 0 Å². The highest BCUT2D eigenvalue weighted by Gasteiger charge is 2.18. The maximum atomic E-state index is 11.8. The van der Waals surface area contributed by atoms with E-state index in [-0.39, 0.29) is 17.6 Å². The van der Waals surface area contributed by atoms with Crippen LogP contribution in [0.4, 0.5) is 5.82 Å². The second kappa shape index (κ2) is 5.55. The van der Waals surface area contributed by atoms with E-state index >= 15 is 0 Å². The molecule has 2 rings (SSSR count). The van der Waals surface area contributed by atoms with E-state index in [0.717, 1.165) is 19.4 Å². The number of anilines is 1. The third kappa shape index (κ3) is 3.11. The maximum absolute atomic E-state index is 11.8. The molecule has 7 nitrogen and oxygen atoms in total. The van der Waals surface area contributed by atoms with Crippen molar-refractivity contribution >= 4 is 11.7 Å². The lowest BCUT2D eigenvalue weighted by atomic mass is 10.1. The van der Waals surface area contributed by atoms with Crippen molar-refractivity contribution in [3.8, 4) is 0 Å². The highest BCUT2D eigenvalue weighted by molar-refractivity contribution is 5.92. The number of nitrogens with one attached hydrogen (secondary N) is 2. The van der Waals surface area contributed by atoms with Crippen molar-refractivity contribution in [3.63, 3.8) is 0 Å². The fourth-order valence-corrected chi connectivity index (χ4v) is 1.66. The van der Waals surface area contributed by atoms with E-state index in [1.54, 1.807) is 0 Å². The molecule has 0 bridgehead atoms. The van der Waals surface area contributed by atoms with E-state index in [4.69, 9.17) is 10.6 Å². The predicted octanol–water partition coefficient (Wildman–Crippen LogP) is -0.329. The van der Waals surface area contributed by atoms with Crippen LogP contribution in [0.2, 0.25) is 0 Å². The third-order valence-corrected chi connectivity index (χ3v) is 2.51. The van der Waals surface area contributed by atoms with Gasteiger partial charge in [-0.3, -0.25) is 9.78 Å². The largest absolute Gasteiger partial charge is 0.379 e. The van der Waals surface area contributed by atoms with Crippen molar-refractivity contribution in [2.45, 2.75) is 18.9 Å². The summed E-state index contributed by atoms with van der Waals surface area (Å²) in [6.07, 6.45) is 4.73. The molecule has 1 aromatic rings. The van der Waals surface area contributed by atoms with Crippen molar-refractivity contribution in [2.24, 2.45) is 5.84 Å². The molecule has 0 aromatic carbocycles. The van der Waals surface area contributed by atoms with Gasteiger partial charge in [-0.1, -0.05) is 0 Å². The van der Waals surface area contributed by atoms with Gasteiger partial charge in [-0.25, -0.2) is 10.8 Å². The van der Waals surface area contributed by atoms with Gasteiger partial charge in [-0.05, 0) is 12.8 Å². The second-order valence-corrected chi connectivity index (χ2v) is 3.82. The number of hydrogen-bond donors (Lipinski definition) is 3. The number of aromatic nitrogens is 2. The summed E-state index contributed by atoms with van der Waals surface area (Å²) < 4.78 is 5.28. The van der Waals surface area contributed by atoms with Gasteiger partial charge in [0.1, 0.15) is 5.69 Å². The summed E-state index contributed by atoms with van der Waals surface area (Å²) in [4.78, 5) is 19.7. The molecule has 0 saturated carbocycles. The van der Waals surface area contributed by atoms with Gasteiger partial charge in [-0.15, -0.1) is 0 Å². The van der Waals surface area contributed by atoms with E-state index in [2.05, 4.69) is 20.7 Å². The number of nitrogens with zero attached hydrogens (tertiary/aromatic N) is 2. The average molecular weight is 237 g/mol. The molecule has 1 unspecified atom stereocenters. The van der Waals surface area contributed by atoms with E-state index in [1.807, 2.05) is 0 Å². The normalized spacial score (nSPS) is 19.7. The highest BCUT2D eigenvalue weighted by atomic mass is 16.5. The average Bonchev–Trinajstić information content (AvgIpc) is 2.40. The van der Waals surface area contributed by atoms with Crippen molar-refractivity contribution < 1.29 is 9.53 Å². The number of rotatable bonds is 3. The number of nitrogen functional groups attached to an aromatic ring is 1. The van der Waals surface area contributed by atoms with Crippen LogP contribution in [-0.4, -0.2) is 35.1 Å². The fraction of sp³-hybridized carbons (Fsp3) is 0.500. The number of hydrogen-bond acceptors (Lipinski definition) is 6. The van der Waals surface area contributed by atoms with E-state index in [0.29, 0.717) is 12.4 Å². The Morgan fingerprint density at radius 1 is 1.53 bits per heavy atom. The standard InChI is InChI=1S/C10H15N5O2/c11-15-9-5-12-4-8(14-9)10(16)13-7-2-1-3-17-6-7/h4-5,7H,1-3,6,11H2,(H,13,16)(H,14,15). The number of amides is 1. The Morgan fingerprint density at radius 3 is 3.12 bits per heavy atom. The smallest absolute Gasteiger partial charge is 0.271 e. The molecule has 1 aliphatic heterocycles. The topological polar surface area (TPSA) is 102 Å². The molecule has 7 heteroatoms. The molecule has 0 aliphatic carbocycles. The van der Waals surface area contributed by atoms with Gasteiger partial charge in [0.2, 0.25) is 0 Å². The van der Waals surface area contributed by atoms with Crippen LogP contribution in [0.25, 0.3) is 0 Å². The van der Waals surface area contributed by atoms with Crippen LogP contribution >= 0.6 is 0 Å². The van der Waals surface area contributed by atoms with E-state index < -0.39 is 0 Å². The molecule has 1 aromatic heterocycles. The van der Waals surface area contributed by atoms with Gasteiger partial charge in [0.25, 0.3) is 5.91 Å². The zero-order valence-corrected chi connectivity index (χ0v) is 9.35. The molecule has 92 valence electrons. The summed E-state index contributed by atoms with van der Waals surface area (Å²) in [6, 6.07) is 0.0486. The minimum atomic E-state index is -0.259. The Kier molecular flexibility index (Phi) is 3.84. The first kappa shape index (κ1) is 11.7. The number of hydrazine groups is 1. The molecule has 4 N–H and O–H groups in total. The monoisotopic (exact) mass is 237 g/mol. The van der Waals surface area contributed by atoms with Crippen LogP contribution in [0.5, 0.6) is 0 Å². The zero-order valence-electron chi connectivity index (χ0n) is 9.35. The minimum Gasteiger partial charge on any atom is -0.379 e. The van der Waals surface area contributed by atoms with Crippen molar-refractivity contribution in [3.05, 3.63) is 18.1 Å². The minimum absolute atomic E-state index is 0.0486. The van der Waals surface area contributed by atoms with Crippen LogP contribution in [0.3, 0.4) is 0 Å². The van der Waals surface area contributed by atoms with Gasteiger partial charge in [0.05, 0.1) is 25.0 Å². The molecule has 1 amide bonds. The molecule has 0 radical (unpaired) electrons. The first-order valence-electron chi connectivity index (χ1n) is 5.47. The Bertz CT molecular complexity index is 392. The lowest BCUT2D eigenvalue weighted by Gasteiger charge is -2.22. The lowest BCUT2D eigenvalue weighted by Crippen LogP contribution is -2.41. The first-order valence-corrected chi connectivity index (χ1v) is 5.47. The van der Waals surface area contributed by atoms with Crippen LogP contribution in [0, 0.1) is 0 Å². The van der Waals surface area contributed by atoms with Crippen LogP contribution in [-0.2, 0) is 4.74 Å². The summed E-state index contributed by atoms with van der Waals surface area (Å²) in [5.41, 5.74) is 2.59. The Labute approximate surface area is 98.7 Å². The molecular weight excluding hydrogens is 222 g/mol. The first-order chi connectivity index (χ1) is 8.29. The molecule has 17 heavy (non-hydrogen) atoms. The van der Waals surface area contributed by atoms with Crippen LogP contribution in [0.15, 0.2) is 12.4 Å². The van der Waals surface area contributed by atoms with Gasteiger partial charge in [-0.2, -0.15) is 0 Å². The number of nitrogens with two attached hydrogens (primary N) is 1. The van der Waals surface area contributed by atoms with Gasteiger partial charge in [0.15, 0.2) is 5.82 Å². The summed E-state index contributed by atoms with van der Waals surface area (Å²) in [5, 5.41) is 2.85. The Balaban J connectivity index is 1.98. The highest BCUT2D eigenvalue weighted by Crippen LogP contribution is 2.07. The molecule has 1 fully saturated rings. The summed E-state index contributed by atoms with van der Waals surface area (Å²) in [7, 11) is 0. The SMILES string of the molecule is NNc1cncc(C(=O)NC2CCCOC2)n1. The molecule has 1 atom stereocenters. The van der Waals surface area contributed by atoms with Crippen LogP contribution < -0.4 is 16.6 Å². The maximum Gasteiger partial charge on any atom is 0.271 e. The lowest BCUT2D eigenvalue weighted by molar-refractivity contribution is 0.0622. The zero-order chi connectivity index (χ0) is 12.1. The quantitative estimate of drug-likeness (QED) is 0.491. The molecule has 0 spiro atoms. The molecule has 1 saturated heterocycles. The number of carbonyl (C=O) groups is 1. The third-order valence-electron chi connectivity index (χ3n) is 2.51. The van der Waals surface area contributed by atoms with Gasteiger partial charge in [0, 0.05) is 6.61 Å². The second-order valence-electron chi connectivity index (χ2n) is 3.82. The van der Waals surface area contributed by atoms with Crippen molar-refractivity contribution in [1.82, 2.24) is 15.3 Å². The molecule has 1 aliphatic rings. The number of carbonyl (C=O) groups excluding carboxylic acids is 1. The summed E-state index contributed by atoms with van der Waals surface area (Å²) in [6.45, 7) is 1.31. The summed E-state index contributed by atoms with van der Waals surface area (Å²) in [5.74, 6) is 5.30. The van der Waals surface area contributed by atoms with Crippen LogP contribution in [0.1, 0.15) is 23.3 Å². The summed E-state index contributed by atoms with van der Waals surface area (Å²) >= 11 is 0. The van der Waals surface area contributed by atoms with E-state index in [9.17, 15) is 4.79 Å². The van der Waals surface area contributed by atoms with E-state index in [1.165, 1.54) is 12.4 Å². The molecular formula is C10H15N5O2. The Hall–Kier alpha value is -1.73. The van der Waals surface area contributed by atoms with Crippen molar-refractivity contribution in [1.29, 1.82) is 0 Å². The fourth-order valence-electron chi connectivity index (χ4n) is 1.66. The van der Waals surface area contributed by atoms with Gasteiger partial charge < -0.3 is 15.5 Å².